The lowest BCUT2D eigenvalue weighted by molar-refractivity contribution is 0.0923. The topological polar surface area (TPSA) is 29.1 Å². The van der Waals surface area contributed by atoms with Crippen LogP contribution >= 0.6 is 43.5 Å². The second-order valence-electron chi connectivity index (χ2n) is 3.91. The Balaban J connectivity index is 2.90. The standard InChI is InChI=1S/C11H11Br2ClFNO/c1-11(5-12,6-13)16-10(17)8-3-2-7(15)4-9(8)14/h2-4H,5-6H2,1H3,(H,16,17). The van der Waals surface area contributed by atoms with Crippen LogP contribution in [0.4, 0.5) is 4.39 Å². The summed E-state index contributed by atoms with van der Waals surface area (Å²) in [6, 6.07) is 3.70. The molecule has 0 fully saturated rings. The van der Waals surface area contributed by atoms with Crippen LogP contribution in [0.25, 0.3) is 0 Å². The maximum atomic E-state index is 12.9. The summed E-state index contributed by atoms with van der Waals surface area (Å²) in [4.78, 5) is 12.0. The molecule has 2 nitrogen and oxygen atoms in total. The average molecular weight is 387 g/mol. The number of carbonyl (C=O) groups is 1. The molecule has 17 heavy (non-hydrogen) atoms. The molecule has 0 unspecified atom stereocenters. The van der Waals surface area contributed by atoms with Crippen molar-refractivity contribution in [2.75, 3.05) is 10.7 Å². The van der Waals surface area contributed by atoms with Gasteiger partial charge < -0.3 is 5.32 Å². The van der Waals surface area contributed by atoms with Crippen LogP contribution in [0.5, 0.6) is 0 Å². The van der Waals surface area contributed by atoms with Crippen LogP contribution in [0.2, 0.25) is 5.02 Å². The molecule has 0 aliphatic carbocycles. The highest BCUT2D eigenvalue weighted by atomic mass is 79.9. The molecule has 0 spiro atoms. The molecule has 0 saturated carbocycles. The maximum absolute atomic E-state index is 12.9. The zero-order chi connectivity index (χ0) is 13.1. The summed E-state index contributed by atoms with van der Waals surface area (Å²) in [7, 11) is 0. The summed E-state index contributed by atoms with van der Waals surface area (Å²) >= 11 is 12.5. The minimum Gasteiger partial charge on any atom is -0.345 e. The van der Waals surface area contributed by atoms with Gasteiger partial charge in [-0.3, -0.25) is 4.79 Å². The zero-order valence-electron chi connectivity index (χ0n) is 9.07. The Morgan fingerprint density at radius 2 is 2.06 bits per heavy atom. The van der Waals surface area contributed by atoms with E-state index >= 15 is 0 Å². The second-order valence-corrected chi connectivity index (χ2v) is 5.43. The molecule has 0 bridgehead atoms. The Labute approximate surface area is 121 Å². The Bertz CT molecular complexity index is 424. The maximum Gasteiger partial charge on any atom is 0.253 e. The van der Waals surface area contributed by atoms with Gasteiger partial charge in [0.25, 0.3) is 5.91 Å². The first-order valence-electron chi connectivity index (χ1n) is 4.81. The van der Waals surface area contributed by atoms with Crippen molar-refractivity contribution in [3.05, 3.63) is 34.6 Å². The number of hydrogen-bond donors (Lipinski definition) is 1. The molecule has 0 aliphatic rings. The molecule has 1 aromatic rings. The summed E-state index contributed by atoms with van der Waals surface area (Å²) in [5.74, 6) is -0.785. The predicted octanol–water partition coefficient (Wildman–Crippen LogP) is 3.76. The minimum absolute atomic E-state index is 0.106. The zero-order valence-corrected chi connectivity index (χ0v) is 13.0. The third-order valence-electron chi connectivity index (χ3n) is 2.18. The van der Waals surface area contributed by atoms with E-state index in [2.05, 4.69) is 37.2 Å². The lowest BCUT2D eigenvalue weighted by atomic mass is 10.1. The van der Waals surface area contributed by atoms with E-state index < -0.39 is 11.4 Å². The van der Waals surface area contributed by atoms with E-state index in [0.717, 1.165) is 6.07 Å². The Hall–Kier alpha value is -0.130. The quantitative estimate of drug-likeness (QED) is 0.784. The van der Waals surface area contributed by atoms with E-state index in [1.807, 2.05) is 6.92 Å². The third kappa shape index (κ3) is 3.93. The summed E-state index contributed by atoms with van der Waals surface area (Å²) in [6.07, 6.45) is 0. The summed E-state index contributed by atoms with van der Waals surface area (Å²) in [5, 5.41) is 4.12. The number of halogens is 4. The van der Waals surface area contributed by atoms with Crippen LogP contribution in [-0.4, -0.2) is 22.1 Å². The first-order chi connectivity index (χ1) is 7.91. The Morgan fingerprint density at radius 3 is 2.53 bits per heavy atom. The van der Waals surface area contributed by atoms with Gasteiger partial charge in [-0.15, -0.1) is 0 Å². The highest BCUT2D eigenvalue weighted by Gasteiger charge is 2.25. The van der Waals surface area contributed by atoms with Gasteiger partial charge in [-0.2, -0.15) is 0 Å². The van der Waals surface area contributed by atoms with Crippen molar-refractivity contribution >= 4 is 49.4 Å². The summed E-state index contributed by atoms with van der Waals surface area (Å²) in [6.45, 7) is 1.88. The normalized spacial score (nSPS) is 11.4. The van der Waals surface area contributed by atoms with Crippen molar-refractivity contribution in [3.63, 3.8) is 0 Å². The molecule has 0 saturated heterocycles. The highest BCUT2D eigenvalue weighted by Crippen LogP contribution is 2.19. The molecule has 1 N–H and O–H groups in total. The highest BCUT2D eigenvalue weighted by molar-refractivity contribution is 9.09. The molecule has 0 atom stereocenters. The SMILES string of the molecule is CC(CBr)(CBr)NC(=O)c1ccc(F)cc1Cl. The molecular formula is C11H11Br2ClFNO. The van der Waals surface area contributed by atoms with Crippen LogP contribution in [0.3, 0.4) is 0 Å². The minimum atomic E-state index is -0.463. The number of rotatable bonds is 4. The molecule has 0 radical (unpaired) electrons. The smallest absolute Gasteiger partial charge is 0.253 e. The monoisotopic (exact) mass is 385 g/mol. The van der Waals surface area contributed by atoms with Crippen LogP contribution in [0.1, 0.15) is 17.3 Å². The van der Waals surface area contributed by atoms with Gasteiger partial charge in [0.15, 0.2) is 0 Å². The fourth-order valence-electron chi connectivity index (χ4n) is 1.12. The van der Waals surface area contributed by atoms with Crippen LogP contribution in [0.15, 0.2) is 18.2 Å². The van der Waals surface area contributed by atoms with E-state index in [-0.39, 0.29) is 16.5 Å². The van der Waals surface area contributed by atoms with Gasteiger partial charge in [0.05, 0.1) is 16.1 Å². The number of alkyl halides is 2. The number of benzene rings is 1. The van der Waals surface area contributed by atoms with Crippen LogP contribution in [-0.2, 0) is 0 Å². The molecule has 0 heterocycles. The fourth-order valence-corrected chi connectivity index (χ4v) is 2.58. The molecule has 94 valence electrons. The van der Waals surface area contributed by atoms with Gasteiger partial charge >= 0.3 is 0 Å². The van der Waals surface area contributed by atoms with E-state index in [4.69, 9.17) is 11.6 Å². The first kappa shape index (κ1) is 14.9. The van der Waals surface area contributed by atoms with E-state index in [1.54, 1.807) is 0 Å². The molecule has 0 aliphatic heterocycles. The van der Waals surface area contributed by atoms with Crippen molar-refractivity contribution in [2.24, 2.45) is 0 Å². The predicted molar refractivity (Wildman–Crippen MR) is 74.9 cm³/mol. The molecule has 1 aromatic carbocycles. The van der Waals surface area contributed by atoms with Crippen molar-refractivity contribution in [2.45, 2.75) is 12.5 Å². The van der Waals surface area contributed by atoms with E-state index in [9.17, 15) is 9.18 Å². The van der Waals surface area contributed by atoms with Gasteiger partial charge in [-0.1, -0.05) is 43.5 Å². The molecule has 1 rings (SSSR count). The van der Waals surface area contributed by atoms with Gasteiger partial charge in [0.2, 0.25) is 0 Å². The summed E-state index contributed by atoms with van der Waals surface area (Å²) in [5.41, 5.74) is -0.157. The molecule has 6 heteroatoms. The van der Waals surface area contributed by atoms with E-state index in [0.29, 0.717) is 10.7 Å². The lowest BCUT2D eigenvalue weighted by Gasteiger charge is -2.26. The first-order valence-corrected chi connectivity index (χ1v) is 7.43. The number of amides is 1. The van der Waals surface area contributed by atoms with Gasteiger partial charge in [-0.25, -0.2) is 4.39 Å². The molecule has 1 amide bonds. The number of nitrogens with one attached hydrogen (secondary N) is 1. The summed E-state index contributed by atoms with van der Waals surface area (Å²) < 4.78 is 12.9. The number of carbonyl (C=O) groups excluding carboxylic acids is 1. The van der Waals surface area contributed by atoms with Crippen molar-refractivity contribution in [3.8, 4) is 0 Å². The lowest BCUT2D eigenvalue weighted by Crippen LogP contribution is -2.49. The van der Waals surface area contributed by atoms with Gasteiger partial charge in [0.1, 0.15) is 5.82 Å². The van der Waals surface area contributed by atoms with Crippen molar-refractivity contribution in [1.29, 1.82) is 0 Å². The van der Waals surface area contributed by atoms with Crippen LogP contribution in [0, 0.1) is 5.82 Å². The average Bonchev–Trinajstić information content (AvgIpc) is 2.28. The van der Waals surface area contributed by atoms with Crippen molar-refractivity contribution < 1.29 is 9.18 Å². The molecular weight excluding hydrogens is 376 g/mol. The Morgan fingerprint density at radius 1 is 1.47 bits per heavy atom. The van der Waals surface area contributed by atoms with E-state index in [1.165, 1.54) is 12.1 Å². The molecule has 0 aromatic heterocycles. The number of hydrogen-bond acceptors (Lipinski definition) is 1. The van der Waals surface area contributed by atoms with Crippen LogP contribution < -0.4 is 5.32 Å². The Kier molecular flexibility index (Phi) is 5.41. The second kappa shape index (κ2) is 6.16. The fraction of sp³-hybridized carbons (Fsp3) is 0.364. The van der Waals surface area contributed by atoms with Crippen molar-refractivity contribution in [1.82, 2.24) is 5.32 Å². The van der Waals surface area contributed by atoms with Gasteiger partial charge in [0, 0.05) is 10.7 Å². The largest absolute Gasteiger partial charge is 0.345 e. The van der Waals surface area contributed by atoms with Gasteiger partial charge in [-0.05, 0) is 25.1 Å². The third-order valence-corrected chi connectivity index (χ3v) is 4.97.